The Hall–Kier alpha value is -3.25. The minimum absolute atomic E-state index is 0.787. The SMILES string of the molecule is CCCN(Cc1ccc(-c2ccccc2-c2ncn[nH]2)cc1)c1nc2c(s1)=CCCC=2. The van der Waals surface area contributed by atoms with Gasteiger partial charge < -0.3 is 4.90 Å². The number of hydrogen-bond donors (Lipinski definition) is 1. The summed E-state index contributed by atoms with van der Waals surface area (Å²) in [7, 11) is 0. The number of nitrogens with zero attached hydrogens (tertiary/aromatic N) is 4. The summed E-state index contributed by atoms with van der Waals surface area (Å²) in [5, 5.41) is 9.26. The van der Waals surface area contributed by atoms with Crippen molar-refractivity contribution < 1.29 is 0 Å². The van der Waals surface area contributed by atoms with Gasteiger partial charge in [0.25, 0.3) is 0 Å². The van der Waals surface area contributed by atoms with Gasteiger partial charge in [0.05, 0.1) is 9.88 Å². The highest BCUT2D eigenvalue weighted by Gasteiger charge is 2.13. The second-order valence-electron chi connectivity index (χ2n) is 7.73. The fraction of sp³-hybridized carbons (Fsp3) is 0.240. The van der Waals surface area contributed by atoms with Crippen molar-refractivity contribution in [3.63, 3.8) is 0 Å². The molecule has 4 aromatic rings. The predicted octanol–water partition coefficient (Wildman–Crippen LogP) is 4.37. The molecular formula is C25H25N5S. The predicted molar refractivity (Wildman–Crippen MR) is 128 cm³/mol. The number of benzene rings is 2. The van der Waals surface area contributed by atoms with Crippen molar-refractivity contribution in [2.45, 2.75) is 32.7 Å². The van der Waals surface area contributed by atoms with Gasteiger partial charge in [-0.3, -0.25) is 5.10 Å². The second-order valence-corrected chi connectivity index (χ2v) is 8.74. The van der Waals surface area contributed by atoms with E-state index in [4.69, 9.17) is 4.98 Å². The number of anilines is 1. The first-order chi connectivity index (χ1) is 15.3. The number of H-pyrrole nitrogens is 1. The van der Waals surface area contributed by atoms with Gasteiger partial charge in [0, 0.05) is 18.7 Å². The van der Waals surface area contributed by atoms with Crippen molar-refractivity contribution in [3.05, 3.63) is 70.3 Å². The summed E-state index contributed by atoms with van der Waals surface area (Å²) >= 11 is 1.81. The minimum Gasteiger partial charge on any atom is -0.344 e. The van der Waals surface area contributed by atoms with E-state index in [2.05, 4.69) is 81.6 Å². The van der Waals surface area contributed by atoms with Crippen LogP contribution in [0, 0.1) is 0 Å². The second kappa shape index (κ2) is 8.86. The van der Waals surface area contributed by atoms with Crippen LogP contribution >= 0.6 is 11.3 Å². The molecule has 2 heterocycles. The van der Waals surface area contributed by atoms with E-state index in [0.29, 0.717) is 0 Å². The quantitative estimate of drug-likeness (QED) is 0.476. The van der Waals surface area contributed by atoms with Crippen LogP contribution in [-0.2, 0) is 6.54 Å². The summed E-state index contributed by atoms with van der Waals surface area (Å²) in [4.78, 5) is 11.6. The molecule has 0 saturated heterocycles. The van der Waals surface area contributed by atoms with Crippen LogP contribution in [0.2, 0.25) is 0 Å². The summed E-state index contributed by atoms with van der Waals surface area (Å²) in [5.74, 6) is 0.787. The van der Waals surface area contributed by atoms with Gasteiger partial charge in [0.2, 0.25) is 0 Å². The van der Waals surface area contributed by atoms with Gasteiger partial charge in [-0.1, -0.05) is 78.9 Å². The average molecular weight is 428 g/mol. The van der Waals surface area contributed by atoms with E-state index in [-0.39, 0.29) is 0 Å². The van der Waals surface area contributed by atoms with Crippen molar-refractivity contribution >= 4 is 28.6 Å². The van der Waals surface area contributed by atoms with E-state index in [1.54, 1.807) is 6.33 Å². The number of rotatable bonds is 7. The van der Waals surface area contributed by atoms with Gasteiger partial charge in [0.1, 0.15) is 6.33 Å². The number of aromatic amines is 1. The average Bonchev–Trinajstić information content (AvgIpc) is 3.49. The summed E-state index contributed by atoms with van der Waals surface area (Å²) in [6.45, 7) is 4.09. The standard InChI is InChI=1S/C25H25N5S/c1-2-15-30(25-28-22-9-5-6-10-23(22)31-25)16-18-11-13-19(14-12-18)20-7-3-4-8-21(20)24-26-17-27-29-24/h3-4,7-14,17H,2,5-6,15-16H2,1H3,(H,26,27,29). The van der Waals surface area contributed by atoms with E-state index in [1.165, 1.54) is 15.7 Å². The first-order valence-electron chi connectivity index (χ1n) is 10.8. The molecule has 2 aromatic carbocycles. The molecule has 1 N–H and O–H groups in total. The highest BCUT2D eigenvalue weighted by molar-refractivity contribution is 7.13. The van der Waals surface area contributed by atoms with Crippen LogP contribution in [0.1, 0.15) is 31.7 Å². The van der Waals surface area contributed by atoms with Gasteiger partial charge >= 0.3 is 0 Å². The van der Waals surface area contributed by atoms with Gasteiger partial charge in [-0.25, -0.2) is 9.97 Å². The zero-order valence-electron chi connectivity index (χ0n) is 17.6. The molecule has 0 saturated carbocycles. The van der Waals surface area contributed by atoms with Crippen LogP contribution in [0.5, 0.6) is 0 Å². The molecule has 5 rings (SSSR count). The summed E-state index contributed by atoms with van der Waals surface area (Å²) in [6.07, 6.45) is 9.45. The van der Waals surface area contributed by atoms with Crippen LogP contribution in [0.3, 0.4) is 0 Å². The zero-order valence-corrected chi connectivity index (χ0v) is 18.4. The van der Waals surface area contributed by atoms with Crippen molar-refractivity contribution in [3.8, 4) is 22.5 Å². The van der Waals surface area contributed by atoms with Crippen molar-refractivity contribution in [2.24, 2.45) is 0 Å². The van der Waals surface area contributed by atoms with E-state index < -0.39 is 0 Å². The van der Waals surface area contributed by atoms with Gasteiger partial charge in [-0.15, -0.1) is 0 Å². The van der Waals surface area contributed by atoms with Gasteiger partial charge in [-0.2, -0.15) is 5.10 Å². The highest BCUT2D eigenvalue weighted by Crippen LogP contribution is 2.30. The normalized spacial score (nSPS) is 12.7. The molecule has 156 valence electrons. The molecule has 6 heteroatoms. The van der Waals surface area contributed by atoms with E-state index in [1.807, 2.05) is 17.4 Å². The summed E-state index contributed by atoms with van der Waals surface area (Å²) < 4.78 is 1.32. The first-order valence-corrected chi connectivity index (χ1v) is 11.6. The van der Waals surface area contributed by atoms with Crippen molar-refractivity contribution in [2.75, 3.05) is 11.4 Å². The lowest BCUT2D eigenvalue weighted by Gasteiger charge is -2.21. The van der Waals surface area contributed by atoms with E-state index in [9.17, 15) is 0 Å². The monoisotopic (exact) mass is 427 g/mol. The number of nitrogens with one attached hydrogen (secondary N) is 1. The molecular weight excluding hydrogens is 402 g/mol. The highest BCUT2D eigenvalue weighted by atomic mass is 32.1. The van der Waals surface area contributed by atoms with Crippen LogP contribution in [-0.4, -0.2) is 26.7 Å². The van der Waals surface area contributed by atoms with Gasteiger partial charge in [0.15, 0.2) is 11.0 Å². The van der Waals surface area contributed by atoms with Crippen molar-refractivity contribution in [1.82, 2.24) is 20.2 Å². The van der Waals surface area contributed by atoms with Crippen LogP contribution in [0.4, 0.5) is 5.13 Å². The zero-order chi connectivity index (χ0) is 21.0. The fourth-order valence-corrected chi connectivity index (χ4v) is 5.05. The molecule has 1 aliphatic carbocycles. The summed E-state index contributed by atoms with van der Waals surface area (Å²) in [6, 6.07) is 17.1. The molecule has 5 nitrogen and oxygen atoms in total. The third kappa shape index (κ3) is 4.16. The molecule has 1 aliphatic rings. The molecule has 31 heavy (non-hydrogen) atoms. The number of thiazole rings is 1. The molecule has 0 bridgehead atoms. The Morgan fingerprint density at radius 3 is 2.55 bits per heavy atom. The van der Waals surface area contributed by atoms with Crippen molar-refractivity contribution in [1.29, 1.82) is 0 Å². The number of fused-ring (bicyclic) bond motifs is 1. The largest absolute Gasteiger partial charge is 0.344 e. The van der Waals surface area contributed by atoms with Crippen LogP contribution < -0.4 is 14.8 Å². The maximum absolute atomic E-state index is 4.91. The Bertz CT molecular complexity index is 1240. The Morgan fingerprint density at radius 2 is 1.81 bits per heavy atom. The third-order valence-electron chi connectivity index (χ3n) is 5.50. The molecule has 0 spiro atoms. The third-order valence-corrected chi connectivity index (χ3v) is 6.63. The lowest BCUT2D eigenvalue weighted by atomic mass is 9.98. The molecule has 2 aromatic heterocycles. The summed E-state index contributed by atoms with van der Waals surface area (Å²) in [5.41, 5.74) is 4.67. The van der Waals surface area contributed by atoms with Gasteiger partial charge in [-0.05, 0) is 36.0 Å². The molecule has 0 fully saturated rings. The lowest BCUT2D eigenvalue weighted by Crippen LogP contribution is -2.25. The maximum atomic E-state index is 4.91. The minimum atomic E-state index is 0.787. The molecule has 0 unspecified atom stereocenters. The Balaban J connectivity index is 1.41. The fourth-order valence-electron chi connectivity index (χ4n) is 3.99. The maximum Gasteiger partial charge on any atom is 0.186 e. The Labute approximate surface area is 185 Å². The topological polar surface area (TPSA) is 57.7 Å². The molecule has 0 radical (unpaired) electrons. The first kappa shape index (κ1) is 19.7. The molecule has 0 aliphatic heterocycles. The Kier molecular flexibility index (Phi) is 5.63. The number of hydrogen-bond acceptors (Lipinski definition) is 5. The Morgan fingerprint density at radius 1 is 1.00 bits per heavy atom. The van der Waals surface area contributed by atoms with Crippen LogP contribution in [0.15, 0.2) is 54.9 Å². The molecule has 0 atom stereocenters. The smallest absolute Gasteiger partial charge is 0.186 e. The molecule has 0 amide bonds. The van der Waals surface area contributed by atoms with E-state index >= 15 is 0 Å². The van der Waals surface area contributed by atoms with E-state index in [0.717, 1.165) is 59.8 Å². The lowest BCUT2D eigenvalue weighted by molar-refractivity contribution is 0.763. The number of aromatic nitrogens is 4. The van der Waals surface area contributed by atoms with Crippen LogP contribution in [0.25, 0.3) is 34.7 Å².